The summed E-state index contributed by atoms with van der Waals surface area (Å²) in [5.41, 5.74) is 0.840. The van der Waals surface area contributed by atoms with Crippen molar-refractivity contribution in [2.45, 2.75) is 6.92 Å². The van der Waals surface area contributed by atoms with Crippen molar-refractivity contribution >= 4 is 11.6 Å². The predicted octanol–water partition coefficient (Wildman–Crippen LogP) is 1.17. The third-order valence-electron chi connectivity index (χ3n) is 2.51. The van der Waals surface area contributed by atoms with Crippen LogP contribution < -0.4 is 15.4 Å². The van der Waals surface area contributed by atoms with E-state index < -0.39 is 0 Å². The predicted molar refractivity (Wildman–Crippen MR) is 77.7 cm³/mol. The second-order valence-electron chi connectivity index (χ2n) is 4.44. The molecule has 1 aromatic carbocycles. The minimum absolute atomic E-state index is 0.0202. The smallest absolute Gasteiger partial charge is 0.239 e. The van der Waals surface area contributed by atoms with Gasteiger partial charge in [0.2, 0.25) is 5.91 Å². The lowest BCUT2D eigenvalue weighted by molar-refractivity contribution is -0.119. The summed E-state index contributed by atoms with van der Waals surface area (Å²) >= 11 is 0. The third-order valence-corrected chi connectivity index (χ3v) is 2.51. The number of carbonyl (C=O) groups excluding carboxylic acids is 1. The summed E-state index contributed by atoms with van der Waals surface area (Å²) in [5, 5.41) is 5.94. The lowest BCUT2D eigenvalue weighted by Crippen LogP contribution is -2.35. The Balaban J connectivity index is 2.37. The minimum atomic E-state index is -0.0202. The molecule has 0 aromatic heterocycles. The van der Waals surface area contributed by atoms with Crippen molar-refractivity contribution in [3.8, 4) is 5.75 Å². The molecule has 2 N–H and O–H groups in total. The van der Waals surface area contributed by atoms with Crippen LogP contribution in [0.25, 0.3) is 0 Å². The van der Waals surface area contributed by atoms with E-state index in [1.54, 1.807) is 0 Å². The highest BCUT2D eigenvalue weighted by Crippen LogP contribution is 2.23. The lowest BCUT2D eigenvalue weighted by Gasteiger charge is -2.13. The summed E-state index contributed by atoms with van der Waals surface area (Å²) in [6.45, 7) is 4.28. The third kappa shape index (κ3) is 6.10. The van der Waals surface area contributed by atoms with Crippen LogP contribution >= 0.6 is 0 Å². The number of hydrogen-bond acceptors (Lipinski definition) is 4. The molecule has 0 aliphatic carbocycles. The van der Waals surface area contributed by atoms with Gasteiger partial charge in [-0.05, 0) is 33.2 Å². The van der Waals surface area contributed by atoms with Gasteiger partial charge in [-0.1, -0.05) is 12.1 Å². The summed E-state index contributed by atoms with van der Waals surface area (Å²) in [7, 11) is 3.95. The number of ether oxygens (including phenoxy) is 1. The van der Waals surface area contributed by atoms with Gasteiger partial charge in [-0.2, -0.15) is 0 Å². The number of hydrogen-bond donors (Lipinski definition) is 2. The van der Waals surface area contributed by atoms with Gasteiger partial charge >= 0.3 is 0 Å². The van der Waals surface area contributed by atoms with E-state index in [0.29, 0.717) is 13.2 Å². The Labute approximate surface area is 114 Å². The molecule has 0 aliphatic rings. The highest BCUT2D eigenvalue weighted by molar-refractivity contribution is 5.81. The van der Waals surface area contributed by atoms with E-state index in [9.17, 15) is 4.79 Å². The molecule has 1 rings (SSSR count). The number of rotatable bonds is 8. The highest BCUT2D eigenvalue weighted by atomic mass is 16.5. The Morgan fingerprint density at radius 1 is 1.32 bits per heavy atom. The summed E-state index contributed by atoms with van der Waals surface area (Å²) < 4.78 is 5.48. The largest absolute Gasteiger partial charge is 0.492 e. The fourth-order valence-corrected chi connectivity index (χ4v) is 1.55. The molecule has 1 aromatic rings. The van der Waals surface area contributed by atoms with Gasteiger partial charge in [0.1, 0.15) is 5.75 Å². The molecule has 0 heterocycles. The molecule has 0 saturated carbocycles. The monoisotopic (exact) mass is 265 g/mol. The van der Waals surface area contributed by atoms with Crippen molar-refractivity contribution in [3.63, 3.8) is 0 Å². The molecule has 5 heteroatoms. The fourth-order valence-electron chi connectivity index (χ4n) is 1.55. The zero-order valence-corrected chi connectivity index (χ0v) is 11.9. The number of likely N-dealkylation sites (N-methyl/N-ethyl adjacent to an activating group) is 1. The van der Waals surface area contributed by atoms with Crippen molar-refractivity contribution in [2.75, 3.05) is 45.7 Å². The molecule has 5 nitrogen and oxygen atoms in total. The number of amides is 1. The molecule has 0 saturated heterocycles. The number of carbonyl (C=O) groups is 1. The van der Waals surface area contributed by atoms with Gasteiger partial charge in [0.15, 0.2) is 0 Å². The quantitative estimate of drug-likeness (QED) is 0.741. The fraction of sp³-hybridized carbons (Fsp3) is 0.500. The number of nitrogens with zero attached hydrogens (tertiary/aromatic N) is 1. The number of nitrogens with one attached hydrogen (secondary N) is 2. The van der Waals surface area contributed by atoms with E-state index in [2.05, 4.69) is 10.6 Å². The van der Waals surface area contributed by atoms with Crippen LogP contribution in [0.2, 0.25) is 0 Å². The first-order valence-corrected chi connectivity index (χ1v) is 6.50. The summed E-state index contributed by atoms with van der Waals surface area (Å²) in [6, 6.07) is 7.61. The van der Waals surface area contributed by atoms with E-state index >= 15 is 0 Å². The average molecular weight is 265 g/mol. The van der Waals surface area contributed by atoms with Gasteiger partial charge in [0.05, 0.1) is 18.8 Å². The van der Waals surface area contributed by atoms with Gasteiger partial charge in [0, 0.05) is 13.1 Å². The molecule has 19 heavy (non-hydrogen) atoms. The molecular formula is C14H23N3O2. The minimum Gasteiger partial charge on any atom is -0.492 e. The number of anilines is 1. The lowest BCUT2D eigenvalue weighted by atomic mass is 10.3. The van der Waals surface area contributed by atoms with Crippen LogP contribution in [0.5, 0.6) is 5.75 Å². The van der Waals surface area contributed by atoms with E-state index in [4.69, 9.17) is 4.74 Å². The molecule has 0 spiro atoms. The van der Waals surface area contributed by atoms with Crippen molar-refractivity contribution in [3.05, 3.63) is 24.3 Å². The van der Waals surface area contributed by atoms with E-state index in [0.717, 1.165) is 18.0 Å². The van der Waals surface area contributed by atoms with Gasteiger partial charge in [-0.15, -0.1) is 0 Å². The maximum absolute atomic E-state index is 11.6. The average Bonchev–Trinajstić information content (AvgIpc) is 2.37. The summed E-state index contributed by atoms with van der Waals surface area (Å²) in [5.74, 6) is 0.749. The first-order valence-electron chi connectivity index (χ1n) is 6.50. The second-order valence-corrected chi connectivity index (χ2v) is 4.44. The molecular weight excluding hydrogens is 242 g/mol. The van der Waals surface area contributed by atoms with Crippen LogP contribution in [0, 0.1) is 0 Å². The van der Waals surface area contributed by atoms with E-state index in [1.807, 2.05) is 50.2 Å². The zero-order chi connectivity index (χ0) is 14.1. The topological polar surface area (TPSA) is 53.6 Å². The molecule has 0 unspecified atom stereocenters. The van der Waals surface area contributed by atoms with Gasteiger partial charge in [-0.3, -0.25) is 4.79 Å². The highest BCUT2D eigenvalue weighted by Gasteiger charge is 2.04. The van der Waals surface area contributed by atoms with Crippen molar-refractivity contribution in [2.24, 2.45) is 0 Å². The van der Waals surface area contributed by atoms with Crippen LogP contribution in [-0.2, 0) is 4.79 Å². The Morgan fingerprint density at radius 3 is 2.74 bits per heavy atom. The Morgan fingerprint density at radius 2 is 2.05 bits per heavy atom. The van der Waals surface area contributed by atoms with Crippen molar-refractivity contribution < 1.29 is 9.53 Å². The molecule has 0 bridgehead atoms. The molecule has 0 fully saturated rings. The Bertz CT molecular complexity index is 394. The van der Waals surface area contributed by atoms with Crippen LogP contribution in [0.15, 0.2) is 24.3 Å². The van der Waals surface area contributed by atoms with Crippen LogP contribution in [-0.4, -0.2) is 51.1 Å². The van der Waals surface area contributed by atoms with E-state index in [1.165, 1.54) is 0 Å². The SMILES string of the molecule is CCOc1ccccc1NCC(=O)NCCN(C)C. The molecule has 106 valence electrons. The maximum Gasteiger partial charge on any atom is 0.239 e. The van der Waals surface area contributed by atoms with Gasteiger partial charge < -0.3 is 20.3 Å². The molecule has 1 amide bonds. The van der Waals surface area contributed by atoms with Crippen LogP contribution in [0.4, 0.5) is 5.69 Å². The number of para-hydroxylation sites is 2. The first kappa shape index (κ1) is 15.3. The normalized spacial score (nSPS) is 10.3. The van der Waals surface area contributed by atoms with Gasteiger partial charge in [-0.25, -0.2) is 0 Å². The molecule has 0 radical (unpaired) electrons. The molecule has 0 atom stereocenters. The van der Waals surface area contributed by atoms with Crippen LogP contribution in [0.1, 0.15) is 6.92 Å². The zero-order valence-electron chi connectivity index (χ0n) is 11.9. The Hall–Kier alpha value is -1.75. The summed E-state index contributed by atoms with van der Waals surface area (Å²) in [6.07, 6.45) is 0. The van der Waals surface area contributed by atoms with E-state index in [-0.39, 0.29) is 12.5 Å². The number of benzene rings is 1. The first-order chi connectivity index (χ1) is 9.13. The van der Waals surface area contributed by atoms with Crippen molar-refractivity contribution in [1.82, 2.24) is 10.2 Å². The Kier molecular flexibility index (Phi) is 6.74. The molecule has 0 aliphatic heterocycles. The van der Waals surface area contributed by atoms with Gasteiger partial charge in [0.25, 0.3) is 0 Å². The van der Waals surface area contributed by atoms with Crippen molar-refractivity contribution in [1.29, 1.82) is 0 Å². The standard InChI is InChI=1S/C14H23N3O2/c1-4-19-13-8-6-5-7-12(13)16-11-14(18)15-9-10-17(2)3/h5-8,16H,4,9-11H2,1-3H3,(H,15,18). The second kappa shape index (κ2) is 8.37. The maximum atomic E-state index is 11.6. The summed E-state index contributed by atoms with van der Waals surface area (Å²) in [4.78, 5) is 13.7. The van der Waals surface area contributed by atoms with Crippen LogP contribution in [0.3, 0.4) is 0 Å².